The van der Waals surface area contributed by atoms with E-state index in [4.69, 9.17) is 16.3 Å². The molecule has 2 aromatic heterocycles. The van der Waals surface area contributed by atoms with Gasteiger partial charge < -0.3 is 4.74 Å². The fraction of sp³-hybridized carbons (Fsp3) is 0.0625. The third kappa shape index (κ3) is 3.98. The monoisotopic (exact) mass is 393 g/mol. The highest BCUT2D eigenvalue weighted by Gasteiger charge is 2.16. The molecule has 1 aromatic carbocycles. The summed E-state index contributed by atoms with van der Waals surface area (Å²) in [6, 6.07) is 8.46. The molecule has 0 aliphatic rings. The SMILES string of the molecule is COc1cc(Cl)ccc1C(=O)NNC(=O)c1cnc(-c2cccs2)s1. The number of halogens is 1. The molecular weight excluding hydrogens is 382 g/mol. The van der Waals surface area contributed by atoms with Crippen molar-refractivity contribution in [3.8, 4) is 15.6 Å². The average Bonchev–Trinajstić information content (AvgIpc) is 3.30. The van der Waals surface area contributed by atoms with Gasteiger partial charge in [0, 0.05) is 5.02 Å². The molecule has 6 nitrogen and oxygen atoms in total. The van der Waals surface area contributed by atoms with Gasteiger partial charge in [0.25, 0.3) is 11.8 Å². The lowest BCUT2D eigenvalue weighted by Gasteiger charge is -2.10. The van der Waals surface area contributed by atoms with E-state index in [0.29, 0.717) is 15.6 Å². The number of nitrogens with zero attached hydrogens (tertiary/aromatic N) is 1. The molecule has 0 unspecified atom stereocenters. The van der Waals surface area contributed by atoms with Gasteiger partial charge in [0.05, 0.1) is 23.7 Å². The molecule has 0 atom stereocenters. The molecule has 0 saturated carbocycles. The van der Waals surface area contributed by atoms with E-state index in [-0.39, 0.29) is 5.56 Å². The topological polar surface area (TPSA) is 80.3 Å². The number of amides is 2. The van der Waals surface area contributed by atoms with E-state index in [2.05, 4.69) is 15.8 Å². The van der Waals surface area contributed by atoms with Crippen molar-refractivity contribution in [3.05, 3.63) is 57.4 Å². The van der Waals surface area contributed by atoms with E-state index >= 15 is 0 Å². The molecule has 0 aliphatic heterocycles. The van der Waals surface area contributed by atoms with Crippen LogP contribution >= 0.6 is 34.3 Å². The van der Waals surface area contributed by atoms with Crippen LogP contribution in [0.5, 0.6) is 5.75 Å². The van der Waals surface area contributed by atoms with Crippen LogP contribution in [0.1, 0.15) is 20.0 Å². The summed E-state index contributed by atoms with van der Waals surface area (Å²) in [6.45, 7) is 0. The summed E-state index contributed by atoms with van der Waals surface area (Å²) < 4.78 is 5.12. The van der Waals surface area contributed by atoms with Crippen molar-refractivity contribution in [2.45, 2.75) is 0 Å². The van der Waals surface area contributed by atoms with Crippen LogP contribution in [-0.4, -0.2) is 23.9 Å². The Morgan fingerprint density at radius 2 is 2.00 bits per heavy atom. The number of ether oxygens (including phenoxy) is 1. The van der Waals surface area contributed by atoms with Crippen LogP contribution < -0.4 is 15.6 Å². The number of rotatable bonds is 4. The lowest BCUT2D eigenvalue weighted by Crippen LogP contribution is -2.41. The Kier molecular flexibility index (Phi) is 5.32. The minimum absolute atomic E-state index is 0.260. The number of hydrogen-bond acceptors (Lipinski definition) is 6. The maximum Gasteiger partial charge on any atom is 0.281 e. The molecule has 0 aliphatic carbocycles. The Hall–Kier alpha value is -2.42. The van der Waals surface area contributed by atoms with Crippen molar-refractivity contribution in [1.82, 2.24) is 15.8 Å². The lowest BCUT2D eigenvalue weighted by atomic mass is 10.2. The second kappa shape index (κ2) is 7.64. The third-order valence-corrected chi connectivity index (χ3v) is 5.43. The number of hydrogen-bond donors (Lipinski definition) is 2. The first-order valence-corrected chi connectivity index (χ1v) is 9.10. The Morgan fingerprint density at radius 3 is 2.72 bits per heavy atom. The highest BCUT2D eigenvalue weighted by molar-refractivity contribution is 7.21. The Bertz CT molecular complexity index is 909. The highest BCUT2D eigenvalue weighted by Crippen LogP contribution is 2.28. The van der Waals surface area contributed by atoms with Crippen molar-refractivity contribution in [2.75, 3.05) is 7.11 Å². The number of benzene rings is 1. The van der Waals surface area contributed by atoms with Crippen LogP contribution in [0.25, 0.3) is 9.88 Å². The van der Waals surface area contributed by atoms with Crippen molar-refractivity contribution in [1.29, 1.82) is 0 Å². The normalized spacial score (nSPS) is 10.3. The van der Waals surface area contributed by atoms with Crippen molar-refractivity contribution in [3.63, 3.8) is 0 Å². The minimum Gasteiger partial charge on any atom is -0.496 e. The van der Waals surface area contributed by atoms with Crippen LogP contribution in [0.15, 0.2) is 41.9 Å². The summed E-state index contributed by atoms with van der Waals surface area (Å²) in [5, 5.41) is 3.14. The number of methoxy groups -OCH3 is 1. The van der Waals surface area contributed by atoms with Gasteiger partial charge in [-0.05, 0) is 29.6 Å². The average molecular weight is 394 g/mol. The molecule has 0 radical (unpaired) electrons. The van der Waals surface area contributed by atoms with Crippen LogP contribution in [0.4, 0.5) is 0 Å². The quantitative estimate of drug-likeness (QED) is 0.663. The molecule has 2 amide bonds. The second-order valence-electron chi connectivity index (χ2n) is 4.76. The molecule has 3 rings (SSSR count). The van der Waals surface area contributed by atoms with Crippen LogP contribution in [-0.2, 0) is 0 Å². The molecule has 128 valence electrons. The first-order chi connectivity index (χ1) is 12.1. The summed E-state index contributed by atoms with van der Waals surface area (Å²) in [6.07, 6.45) is 1.48. The predicted octanol–water partition coefficient (Wildman–Crippen LogP) is 3.61. The number of aromatic nitrogens is 1. The van der Waals surface area contributed by atoms with Crippen LogP contribution in [0.3, 0.4) is 0 Å². The third-order valence-electron chi connectivity index (χ3n) is 3.16. The first-order valence-electron chi connectivity index (χ1n) is 7.02. The van der Waals surface area contributed by atoms with E-state index in [1.165, 1.54) is 36.8 Å². The molecule has 2 heterocycles. The first kappa shape index (κ1) is 17.4. The smallest absolute Gasteiger partial charge is 0.281 e. The number of thiazole rings is 1. The molecule has 0 fully saturated rings. The zero-order valence-electron chi connectivity index (χ0n) is 12.9. The van der Waals surface area contributed by atoms with Crippen molar-refractivity contribution < 1.29 is 14.3 Å². The van der Waals surface area contributed by atoms with Gasteiger partial charge in [-0.1, -0.05) is 17.7 Å². The Labute approximate surface area is 156 Å². The van der Waals surface area contributed by atoms with Gasteiger partial charge in [0.1, 0.15) is 15.6 Å². The summed E-state index contributed by atoms with van der Waals surface area (Å²) in [7, 11) is 1.43. The zero-order valence-corrected chi connectivity index (χ0v) is 15.3. The van der Waals surface area contributed by atoms with E-state index in [1.54, 1.807) is 17.4 Å². The maximum absolute atomic E-state index is 12.2. The fourth-order valence-electron chi connectivity index (χ4n) is 1.99. The highest BCUT2D eigenvalue weighted by atomic mass is 35.5. The predicted molar refractivity (Wildman–Crippen MR) is 98.4 cm³/mol. The van der Waals surface area contributed by atoms with Crippen LogP contribution in [0, 0.1) is 0 Å². The number of hydrazine groups is 1. The lowest BCUT2D eigenvalue weighted by molar-refractivity contribution is 0.0847. The molecule has 9 heteroatoms. The van der Waals surface area contributed by atoms with Gasteiger partial charge in [0.2, 0.25) is 0 Å². The van der Waals surface area contributed by atoms with Gasteiger partial charge in [-0.3, -0.25) is 20.4 Å². The molecular formula is C16H12ClN3O3S2. The van der Waals surface area contributed by atoms with E-state index in [9.17, 15) is 9.59 Å². The summed E-state index contributed by atoms with van der Waals surface area (Å²) in [5.41, 5.74) is 4.98. The summed E-state index contributed by atoms with van der Waals surface area (Å²) in [5.74, 6) is -0.636. The maximum atomic E-state index is 12.2. The van der Waals surface area contributed by atoms with E-state index in [1.807, 2.05) is 17.5 Å². The van der Waals surface area contributed by atoms with Crippen molar-refractivity contribution in [2.24, 2.45) is 0 Å². The molecule has 0 spiro atoms. The van der Waals surface area contributed by atoms with E-state index < -0.39 is 11.8 Å². The second-order valence-corrected chi connectivity index (χ2v) is 7.17. The van der Waals surface area contributed by atoms with Gasteiger partial charge in [0.15, 0.2) is 0 Å². The number of nitrogens with one attached hydrogen (secondary N) is 2. The molecule has 3 aromatic rings. The van der Waals surface area contributed by atoms with Gasteiger partial charge >= 0.3 is 0 Å². The molecule has 0 bridgehead atoms. The molecule has 0 saturated heterocycles. The van der Waals surface area contributed by atoms with Gasteiger partial charge in [-0.2, -0.15) is 0 Å². The largest absolute Gasteiger partial charge is 0.496 e. The van der Waals surface area contributed by atoms with Gasteiger partial charge in [-0.25, -0.2) is 4.98 Å². The molecule has 2 N–H and O–H groups in total. The molecule has 25 heavy (non-hydrogen) atoms. The zero-order chi connectivity index (χ0) is 17.8. The fourth-order valence-corrected chi connectivity index (χ4v) is 3.77. The Morgan fingerprint density at radius 1 is 1.20 bits per heavy atom. The standard InChI is InChI=1S/C16H12ClN3O3S2/c1-23-11-7-9(17)4-5-10(11)14(21)19-20-15(22)13-8-18-16(25-13)12-3-2-6-24-12/h2-8H,1H3,(H,19,21)(H,20,22). The number of thiophene rings is 1. The number of carbonyl (C=O) groups excluding carboxylic acids is 2. The van der Waals surface area contributed by atoms with E-state index in [0.717, 1.165) is 9.88 Å². The Balaban J connectivity index is 1.65. The summed E-state index contributed by atoms with van der Waals surface area (Å²) in [4.78, 5) is 30.0. The summed E-state index contributed by atoms with van der Waals surface area (Å²) >= 11 is 8.66. The number of carbonyl (C=O) groups is 2. The van der Waals surface area contributed by atoms with Crippen LogP contribution in [0.2, 0.25) is 5.02 Å². The van der Waals surface area contributed by atoms with Gasteiger partial charge in [-0.15, -0.1) is 22.7 Å². The minimum atomic E-state index is -0.509. The van der Waals surface area contributed by atoms with Crippen molar-refractivity contribution >= 4 is 46.1 Å².